The molecule has 0 fully saturated rings. The largest absolute Gasteiger partial charge is 0.318 e. The van der Waals surface area contributed by atoms with Crippen molar-refractivity contribution >= 4 is 22.9 Å². The number of amides is 1. The van der Waals surface area contributed by atoms with Crippen molar-refractivity contribution in [2.45, 2.75) is 19.5 Å². The van der Waals surface area contributed by atoms with Gasteiger partial charge in [-0.05, 0) is 24.6 Å². The van der Waals surface area contributed by atoms with Crippen LogP contribution in [-0.2, 0) is 11.3 Å². The Hall–Kier alpha value is -3.41. The van der Waals surface area contributed by atoms with E-state index in [1.165, 1.54) is 0 Å². The Morgan fingerprint density at radius 3 is 2.69 bits per heavy atom. The third-order valence-corrected chi connectivity index (χ3v) is 4.42. The Balaban J connectivity index is 1.53. The molecular weight excluding hydrogens is 326 g/mol. The van der Waals surface area contributed by atoms with Gasteiger partial charge in [-0.3, -0.25) is 10.1 Å². The molecular formula is C20H19N5O. The van der Waals surface area contributed by atoms with E-state index in [2.05, 4.69) is 15.3 Å². The van der Waals surface area contributed by atoms with E-state index >= 15 is 0 Å². The quantitative estimate of drug-likeness (QED) is 0.602. The predicted molar refractivity (Wildman–Crippen MR) is 101 cm³/mol. The first-order valence-electron chi connectivity index (χ1n) is 8.50. The number of fused-ring (bicyclic) bond motifs is 1. The maximum absolute atomic E-state index is 12.7. The summed E-state index contributed by atoms with van der Waals surface area (Å²) in [6.07, 6.45) is 5.25. The molecule has 1 amide bonds. The van der Waals surface area contributed by atoms with Gasteiger partial charge in [0.15, 0.2) is 0 Å². The fourth-order valence-electron chi connectivity index (χ4n) is 2.97. The van der Waals surface area contributed by atoms with Gasteiger partial charge in [0, 0.05) is 12.4 Å². The van der Waals surface area contributed by atoms with E-state index in [4.69, 9.17) is 0 Å². The van der Waals surface area contributed by atoms with Gasteiger partial charge < -0.3 is 9.13 Å². The van der Waals surface area contributed by atoms with Gasteiger partial charge in [0.05, 0.1) is 23.9 Å². The van der Waals surface area contributed by atoms with E-state index in [0.717, 1.165) is 16.6 Å². The zero-order valence-corrected chi connectivity index (χ0v) is 14.4. The molecule has 0 saturated heterocycles. The van der Waals surface area contributed by atoms with E-state index in [1.807, 2.05) is 76.9 Å². The number of aromatic nitrogens is 4. The normalized spacial score (nSPS) is 12.2. The maximum Gasteiger partial charge on any atom is 0.249 e. The number of nitrogens with zero attached hydrogens (tertiary/aromatic N) is 4. The third-order valence-electron chi connectivity index (χ3n) is 4.42. The highest BCUT2D eigenvalue weighted by Crippen LogP contribution is 2.19. The van der Waals surface area contributed by atoms with Crippen molar-refractivity contribution < 1.29 is 4.79 Å². The average Bonchev–Trinajstić information content (AvgIpc) is 3.29. The molecule has 1 N–H and O–H groups in total. The third kappa shape index (κ3) is 3.09. The maximum atomic E-state index is 12.7. The van der Waals surface area contributed by atoms with Crippen LogP contribution in [0.5, 0.6) is 0 Å². The van der Waals surface area contributed by atoms with Gasteiger partial charge >= 0.3 is 0 Å². The molecule has 0 spiro atoms. The summed E-state index contributed by atoms with van der Waals surface area (Å²) in [6.45, 7) is 2.51. The summed E-state index contributed by atoms with van der Waals surface area (Å²) in [6, 6.07) is 17.4. The number of anilines is 1. The molecule has 0 radical (unpaired) electrons. The highest BCUT2D eigenvalue weighted by Gasteiger charge is 2.19. The van der Waals surface area contributed by atoms with E-state index in [0.29, 0.717) is 12.5 Å². The number of hydrogen-bond acceptors (Lipinski definition) is 3. The lowest BCUT2D eigenvalue weighted by atomic mass is 10.2. The van der Waals surface area contributed by atoms with Crippen molar-refractivity contribution in [2.24, 2.45) is 0 Å². The summed E-state index contributed by atoms with van der Waals surface area (Å²) in [5.74, 6) is 0.406. The summed E-state index contributed by atoms with van der Waals surface area (Å²) in [5.41, 5.74) is 2.95. The average molecular weight is 345 g/mol. The van der Waals surface area contributed by atoms with Gasteiger partial charge in [0.2, 0.25) is 11.9 Å². The second kappa shape index (κ2) is 6.84. The van der Waals surface area contributed by atoms with Crippen LogP contribution in [0, 0.1) is 0 Å². The standard InChI is InChI=1S/C20H19N5O/c1-15(25-14-22-17-9-5-6-10-18(17)25)19(26)23-20-21-11-12-24(20)13-16-7-3-2-4-8-16/h2-12,14-15H,13H2,1H3,(H,21,23,26)/t15-/m1/s1. The smallest absolute Gasteiger partial charge is 0.249 e. The Morgan fingerprint density at radius 2 is 1.85 bits per heavy atom. The molecule has 2 aromatic heterocycles. The van der Waals surface area contributed by atoms with E-state index in [1.54, 1.807) is 12.5 Å². The first kappa shape index (κ1) is 16.1. The van der Waals surface area contributed by atoms with Gasteiger partial charge in [-0.25, -0.2) is 9.97 Å². The molecule has 130 valence electrons. The number of carbonyl (C=O) groups excluding carboxylic acids is 1. The van der Waals surface area contributed by atoms with E-state index in [-0.39, 0.29) is 5.91 Å². The fourth-order valence-corrected chi connectivity index (χ4v) is 2.97. The molecule has 2 aromatic carbocycles. The highest BCUT2D eigenvalue weighted by molar-refractivity contribution is 5.93. The number of imidazole rings is 2. The van der Waals surface area contributed by atoms with Gasteiger partial charge in [-0.1, -0.05) is 42.5 Å². The van der Waals surface area contributed by atoms with Crippen LogP contribution < -0.4 is 5.32 Å². The molecule has 0 aliphatic carbocycles. The van der Waals surface area contributed by atoms with Gasteiger partial charge in [0.25, 0.3) is 0 Å². The van der Waals surface area contributed by atoms with Crippen molar-refractivity contribution in [3.8, 4) is 0 Å². The lowest BCUT2D eigenvalue weighted by Gasteiger charge is -2.15. The zero-order chi connectivity index (χ0) is 17.9. The van der Waals surface area contributed by atoms with Gasteiger partial charge in [0.1, 0.15) is 6.04 Å². The number of nitrogens with one attached hydrogen (secondary N) is 1. The molecule has 0 bridgehead atoms. The van der Waals surface area contributed by atoms with Gasteiger partial charge in [-0.15, -0.1) is 0 Å². The Labute approximate surface area is 151 Å². The predicted octanol–water partition coefficient (Wildman–Crippen LogP) is 3.48. The molecule has 4 aromatic rings. The molecule has 4 rings (SSSR count). The number of benzene rings is 2. The summed E-state index contributed by atoms with van der Waals surface area (Å²) in [7, 11) is 0. The Kier molecular flexibility index (Phi) is 4.23. The molecule has 0 saturated carbocycles. The Bertz CT molecular complexity index is 1030. The molecule has 0 aliphatic rings. The summed E-state index contributed by atoms with van der Waals surface area (Å²) < 4.78 is 3.79. The summed E-state index contributed by atoms with van der Waals surface area (Å²) >= 11 is 0. The van der Waals surface area contributed by atoms with Crippen molar-refractivity contribution in [3.05, 3.63) is 78.9 Å². The second-order valence-electron chi connectivity index (χ2n) is 6.17. The monoisotopic (exact) mass is 345 g/mol. The summed E-state index contributed by atoms with van der Waals surface area (Å²) in [4.78, 5) is 21.4. The minimum absolute atomic E-state index is 0.131. The van der Waals surface area contributed by atoms with Crippen LogP contribution in [0.3, 0.4) is 0 Å². The molecule has 0 aliphatic heterocycles. The van der Waals surface area contributed by atoms with Crippen LogP contribution in [0.15, 0.2) is 73.3 Å². The lowest BCUT2D eigenvalue weighted by Crippen LogP contribution is -2.25. The number of carbonyl (C=O) groups is 1. The molecule has 2 heterocycles. The molecule has 0 unspecified atom stereocenters. The number of rotatable bonds is 5. The molecule has 6 nitrogen and oxygen atoms in total. The first-order valence-corrected chi connectivity index (χ1v) is 8.50. The lowest BCUT2D eigenvalue weighted by molar-refractivity contribution is -0.118. The van der Waals surface area contributed by atoms with Crippen molar-refractivity contribution in [2.75, 3.05) is 5.32 Å². The highest BCUT2D eigenvalue weighted by atomic mass is 16.2. The molecule has 6 heteroatoms. The van der Waals surface area contributed by atoms with Crippen LogP contribution in [0.2, 0.25) is 0 Å². The van der Waals surface area contributed by atoms with Crippen molar-refractivity contribution in [1.29, 1.82) is 0 Å². The van der Waals surface area contributed by atoms with Crippen LogP contribution in [0.25, 0.3) is 11.0 Å². The van der Waals surface area contributed by atoms with Crippen molar-refractivity contribution in [3.63, 3.8) is 0 Å². The summed E-state index contributed by atoms with van der Waals surface area (Å²) in [5, 5.41) is 2.93. The van der Waals surface area contributed by atoms with E-state index < -0.39 is 6.04 Å². The second-order valence-corrected chi connectivity index (χ2v) is 6.17. The SMILES string of the molecule is C[C@H](C(=O)Nc1nccn1Cc1ccccc1)n1cnc2ccccc21. The molecule has 1 atom stereocenters. The number of para-hydroxylation sites is 2. The van der Waals surface area contributed by atoms with Crippen molar-refractivity contribution in [1.82, 2.24) is 19.1 Å². The van der Waals surface area contributed by atoms with Crippen LogP contribution in [0.1, 0.15) is 18.5 Å². The van der Waals surface area contributed by atoms with Gasteiger partial charge in [-0.2, -0.15) is 0 Å². The first-order chi connectivity index (χ1) is 12.7. The van der Waals surface area contributed by atoms with E-state index in [9.17, 15) is 4.79 Å². The van der Waals surface area contributed by atoms with Crippen LogP contribution >= 0.6 is 0 Å². The number of hydrogen-bond donors (Lipinski definition) is 1. The minimum atomic E-state index is -0.399. The van der Waals surface area contributed by atoms with Crippen LogP contribution in [-0.4, -0.2) is 25.0 Å². The minimum Gasteiger partial charge on any atom is -0.318 e. The molecule has 26 heavy (non-hydrogen) atoms. The topological polar surface area (TPSA) is 64.7 Å². The fraction of sp³-hybridized carbons (Fsp3) is 0.150. The van der Waals surface area contributed by atoms with Crippen LogP contribution in [0.4, 0.5) is 5.95 Å². The zero-order valence-electron chi connectivity index (χ0n) is 14.4. The Morgan fingerprint density at radius 1 is 1.08 bits per heavy atom.